The second-order valence-corrected chi connectivity index (χ2v) is 6.53. The van der Waals surface area contributed by atoms with Crippen molar-refractivity contribution >= 4 is 28.8 Å². The molecule has 1 aliphatic rings. The molecule has 0 unspecified atom stereocenters. The first-order chi connectivity index (χ1) is 11.3. The Balaban J connectivity index is 1.81. The predicted octanol–water partition coefficient (Wildman–Crippen LogP) is 3.73. The van der Waals surface area contributed by atoms with Gasteiger partial charge in [0.15, 0.2) is 0 Å². The number of nitrogens with one attached hydrogen (secondary N) is 1. The van der Waals surface area contributed by atoms with E-state index < -0.39 is 0 Å². The van der Waals surface area contributed by atoms with Gasteiger partial charge in [0.25, 0.3) is 5.91 Å². The summed E-state index contributed by atoms with van der Waals surface area (Å²) in [6, 6.07) is 8.05. The van der Waals surface area contributed by atoms with Crippen LogP contribution in [-0.4, -0.2) is 28.6 Å². The summed E-state index contributed by atoms with van der Waals surface area (Å²) < 4.78 is 3.90. The van der Waals surface area contributed by atoms with E-state index in [2.05, 4.69) is 25.9 Å². The molecule has 1 aliphatic heterocycles. The summed E-state index contributed by atoms with van der Waals surface area (Å²) in [5.74, 6) is -0.112. The number of aromatic nitrogens is 2. The van der Waals surface area contributed by atoms with Crippen molar-refractivity contribution in [1.29, 1.82) is 0 Å². The highest BCUT2D eigenvalue weighted by molar-refractivity contribution is 7.08. The molecule has 1 N–H and O–H groups in total. The fraction of sp³-hybridized carbons (Fsp3) is 0.471. The Morgan fingerprint density at radius 2 is 1.96 bits per heavy atom. The van der Waals surface area contributed by atoms with Crippen molar-refractivity contribution in [2.45, 2.75) is 39.0 Å². The molecule has 1 aromatic carbocycles. The van der Waals surface area contributed by atoms with Crippen LogP contribution in [0.15, 0.2) is 24.3 Å². The molecule has 6 heteroatoms. The zero-order valence-electron chi connectivity index (χ0n) is 13.4. The van der Waals surface area contributed by atoms with E-state index in [0.29, 0.717) is 11.3 Å². The summed E-state index contributed by atoms with van der Waals surface area (Å²) >= 11 is 1.16. The molecule has 0 aliphatic carbocycles. The van der Waals surface area contributed by atoms with E-state index in [1.165, 1.54) is 25.7 Å². The van der Waals surface area contributed by atoms with Gasteiger partial charge in [-0.1, -0.05) is 36.4 Å². The highest BCUT2D eigenvalue weighted by Gasteiger charge is 2.18. The number of hydrogen-bond donors (Lipinski definition) is 1. The van der Waals surface area contributed by atoms with E-state index >= 15 is 0 Å². The number of hydrogen-bond acceptors (Lipinski definition) is 5. The van der Waals surface area contributed by atoms with Gasteiger partial charge in [0.1, 0.15) is 4.88 Å². The van der Waals surface area contributed by atoms with Crippen molar-refractivity contribution in [3.05, 3.63) is 34.8 Å². The summed E-state index contributed by atoms with van der Waals surface area (Å²) in [6.07, 6.45) is 5.71. The number of carbonyl (C=O) groups is 1. The van der Waals surface area contributed by atoms with Gasteiger partial charge in [-0.25, -0.2) is 0 Å². The lowest BCUT2D eigenvalue weighted by atomic mass is 10.2. The van der Waals surface area contributed by atoms with Gasteiger partial charge in [-0.15, -0.1) is 5.10 Å². The first kappa shape index (κ1) is 15.9. The molecule has 23 heavy (non-hydrogen) atoms. The largest absolute Gasteiger partial charge is 0.370 e. The van der Waals surface area contributed by atoms with E-state index in [9.17, 15) is 4.79 Å². The number of rotatable bonds is 4. The molecule has 0 saturated carbocycles. The molecule has 2 aromatic rings. The average molecular weight is 330 g/mol. The van der Waals surface area contributed by atoms with Gasteiger partial charge < -0.3 is 10.2 Å². The van der Waals surface area contributed by atoms with Gasteiger partial charge in [0, 0.05) is 13.1 Å². The zero-order valence-corrected chi connectivity index (χ0v) is 14.2. The number of benzene rings is 1. The number of carbonyl (C=O) groups excluding carboxylic acids is 1. The predicted molar refractivity (Wildman–Crippen MR) is 94.4 cm³/mol. The third kappa shape index (κ3) is 3.69. The van der Waals surface area contributed by atoms with Crippen LogP contribution in [0.5, 0.6) is 0 Å². The van der Waals surface area contributed by atoms with Crippen molar-refractivity contribution in [3.63, 3.8) is 0 Å². The maximum absolute atomic E-state index is 12.6. The lowest BCUT2D eigenvalue weighted by Gasteiger charge is -2.25. The molecular weight excluding hydrogens is 308 g/mol. The lowest BCUT2D eigenvalue weighted by Crippen LogP contribution is -2.25. The van der Waals surface area contributed by atoms with Crippen molar-refractivity contribution in [2.75, 3.05) is 23.3 Å². The normalized spacial score (nSPS) is 15.3. The summed E-state index contributed by atoms with van der Waals surface area (Å²) in [5, 5.41) is 7.07. The Morgan fingerprint density at radius 3 is 2.70 bits per heavy atom. The van der Waals surface area contributed by atoms with Crippen LogP contribution in [-0.2, 0) is 6.42 Å². The first-order valence-corrected chi connectivity index (χ1v) is 9.03. The summed E-state index contributed by atoms with van der Waals surface area (Å²) in [4.78, 5) is 15.6. The van der Waals surface area contributed by atoms with Gasteiger partial charge in [-0.3, -0.25) is 4.79 Å². The summed E-state index contributed by atoms with van der Waals surface area (Å²) in [5.41, 5.74) is 2.74. The van der Waals surface area contributed by atoms with Crippen LogP contribution < -0.4 is 10.2 Å². The maximum Gasteiger partial charge on any atom is 0.269 e. The molecule has 5 nitrogen and oxygen atoms in total. The molecule has 0 spiro atoms. The Kier molecular flexibility index (Phi) is 5.23. The molecular formula is C17H22N4OS. The number of nitrogens with zero attached hydrogens (tertiary/aromatic N) is 3. The fourth-order valence-corrected chi connectivity index (χ4v) is 3.60. The number of para-hydroxylation sites is 2. The standard InChI is InChI=1S/C17H22N4OS/c1-2-13-16(23-20-19-13)17(22)18-14-9-5-6-10-15(14)21-11-7-3-4-8-12-21/h5-6,9-10H,2-4,7-8,11-12H2,1H3,(H,18,22). The third-order valence-electron chi connectivity index (χ3n) is 4.20. The van der Waals surface area contributed by atoms with Gasteiger partial charge in [-0.05, 0) is 42.9 Å². The van der Waals surface area contributed by atoms with Gasteiger partial charge in [-0.2, -0.15) is 0 Å². The highest BCUT2D eigenvalue weighted by atomic mass is 32.1. The number of aryl methyl sites for hydroxylation is 1. The molecule has 122 valence electrons. The minimum Gasteiger partial charge on any atom is -0.370 e. The van der Waals surface area contributed by atoms with E-state index in [1.807, 2.05) is 25.1 Å². The molecule has 0 bridgehead atoms. The van der Waals surface area contributed by atoms with Crippen LogP contribution in [0.25, 0.3) is 0 Å². The van der Waals surface area contributed by atoms with Crippen LogP contribution in [0, 0.1) is 0 Å². The monoisotopic (exact) mass is 330 g/mol. The maximum atomic E-state index is 12.6. The molecule has 0 radical (unpaired) electrons. The molecule has 1 aromatic heterocycles. The van der Waals surface area contributed by atoms with Crippen LogP contribution in [0.4, 0.5) is 11.4 Å². The smallest absolute Gasteiger partial charge is 0.269 e. The van der Waals surface area contributed by atoms with Crippen molar-refractivity contribution in [3.8, 4) is 0 Å². The van der Waals surface area contributed by atoms with Gasteiger partial charge in [0.05, 0.1) is 17.1 Å². The summed E-state index contributed by atoms with van der Waals surface area (Å²) in [7, 11) is 0. The highest BCUT2D eigenvalue weighted by Crippen LogP contribution is 2.28. The van der Waals surface area contributed by atoms with Crippen molar-refractivity contribution < 1.29 is 4.79 Å². The van der Waals surface area contributed by atoms with Crippen LogP contribution in [0.2, 0.25) is 0 Å². The fourth-order valence-electron chi connectivity index (χ4n) is 2.96. The second-order valence-electron chi connectivity index (χ2n) is 5.77. The van der Waals surface area contributed by atoms with Crippen LogP contribution in [0.3, 0.4) is 0 Å². The van der Waals surface area contributed by atoms with Gasteiger partial charge in [0.2, 0.25) is 0 Å². The number of anilines is 2. The number of amides is 1. The Hall–Kier alpha value is -1.95. The molecule has 0 atom stereocenters. The molecule has 1 saturated heterocycles. The minimum atomic E-state index is -0.112. The quantitative estimate of drug-likeness (QED) is 0.928. The van der Waals surface area contributed by atoms with Gasteiger partial charge >= 0.3 is 0 Å². The zero-order chi connectivity index (χ0) is 16.1. The third-order valence-corrected chi connectivity index (χ3v) is 4.96. The molecule has 3 rings (SSSR count). The van der Waals surface area contributed by atoms with Crippen molar-refractivity contribution in [1.82, 2.24) is 9.59 Å². The topological polar surface area (TPSA) is 58.1 Å². The Labute approximate surface area is 140 Å². The Morgan fingerprint density at radius 1 is 1.22 bits per heavy atom. The van der Waals surface area contributed by atoms with E-state index in [4.69, 9.17) is 0 Å². The average Bonchev–Trinajstić information content (AvgIpc) is 2.90. The van der Waals surface area contributed by atoms with Crippen molar-refractivity contribution in [2.24, 2.45) is 0 Å². The Bertz CT molecular complexity index is 662. The first-order valence-electron chi connectivity index (χ1n) is 8.26. The SMILES string of the molecule is CCc1nnsc1C(=O)Nc1ccccc1N1CCCCCC1. The van der Waals surface area contributed by atoms with E-state index in [0.717, 1.165) is 41.7 Å². The second kappa shape index (κ2) is 7.55. The minimum absolute atomic E-state index is 0.112. The van der Waals surface area contributed by atoms with E-state index in [-0.39, 0.29) is 5.91 Å². The molecule has 1 fully saturated rings. The lowest BCUT2D eigenvalue weighted by molar-refractivity contribution is 0.102. The molecule has 1 amide bonds. The van der Waals surface area contributed by atoms with Crippen LogP contribution in [0.1, 0.15) is 48.0 Å². The molecule has 2 heterocycles. The summed E-state index contributed by atoms with van der Waals surface area (Å²) in [6.45, 7) is 4.09. The van der Waals surface area contributed by atoms with Crippen LogP contribution >= 0.6 is 11.5 Å². The van der Waals surface area contributed by atoms with E-state index in [1.54, 1.807) is 0 Å².